The van der Waals surface area contributed by atoms with Crippen LogP contribution in [-0.4, -0.2) is 27.4 Å². The average molecular weight is 390 g/mol. The first-order valence-electron chi connectivity index (χ1n) is 9.02. The minimum atomic E-state index is -3.56. The van der Waals surface area contributed by atoms with Gasteiger partial charge in [0.15, 0.2) is 0 Å². The number of nitrogens with one attached hydrogen (secondary N) is 3. The largest absolute Gasteiger partial charge is 0.322 e. The van der Waals surface area contributed by atoms with E-state index >= 15 is 0 Å². The lowest BCUT2D eigenvalue weighted by Gasteiger charge is -2.10. The highest BCUT2D eigenvalue weighted by Gasteiger charge is 2.15. The highest BCUT2D eigenvalue weighted by atomic mass is 32.2. The Labute approximate surface area is 161 Å². The molecule has 0 fully saturated rings. The van der Waals surface area contributed by atoms with Crippen LogP contribution < -0.4 is 15.4 Å². The lowest BCUT2D eigenvalue weighted by Crippen LogP contribution is -2.27. The molecule has 0 radical (unpaired) electrons. The van der Waals surface area contributed by atoms with Gasteiger partial charge in [-0.1, -0.05) is 32.9 Å². The third-order valence-corrected chi connectivity index (χ3v) is 5.31. The fraction of sp³-hybridized carbons (Fsp3) is 0.350. The van der Waals surface area contributed by atoms with E-state index in [-0.39, 0.29) is 16.7 Å². The topological polar surface area (TPSA) is 87.3 Å². The van der Waals surface area contributed by atoms with Crippen LogP contribution in [0.15, 0.2) is 53.4 Å². The molecule has 0 saturated carbocycles. The van der Waals surface area contributed by atoms with Gasteiger partial charge in [-0.05, 0) is 54.4 Å². The van der Waals surface area contributed by atoms with Gasteiger partial charge in [-0.3, -0.25) is 4.79 Å². The summed E-state index contributed by atoms with van der Waals surface area (Å²) in [7, 11) is -3.56. The second-order valence-corrected chi connectivity index (χ2v) is 8.47. The molecule has 3 N–H and O–H groups in total. The van der Waals surface area contributed by atoms with Crippen molar-refractivity contribution in [3.05, 3.63) is 59.7 Å². The molecule has 0 aromatic heterocycles. The van der Waals surface area contributed by atoms with Gasteiger partial charge in [0.1, 0.15) is 0 Å². The molecule has 7 heteroatoms. The Morgan fingerprint density at radius 3 is 2.41 bits per heavy atom. The van der Waals surface area contributed by atoms with Crippen LogP contribution in [0.4, 0.5) is 5.69 Å². The Morgan fingerprint density at radius 2 is 1.78 bits per heavy atom. The van der Waals surface area contributed by atoms with Gasteiger partial charge < -0.3 is 10.6 Å². The predicted octanol–water partition coefficient (Wildman–Crippen LogP) is 2.98. The normalized spacial score (nSPS) is 11.6. The van der Waals surface area contributed by atoms with Crippen molar-refractivity contribution in [3.8, 4) is 0 Å². The van der Waals surface area contributed by atoms with Crippen molar-refractivity contribution < 1.29 is 13.2 Å². The summed E-state index contributed by atoms with van der Waals surface area (Å²) in [6.07, 6.45) is 0. The maximum atomic E-state index is 12.4. The monoisotopic (exact) mass is 389 g/mol. The summed E-state index contributed by atoms with van der Waals surface area (Å²) in [6.45, 7) is 7.88. The molecule has 0 aliphatic carbocycles. The van der Waals surface area contributed by atoms with Gasteiger partial charge in [0.25, 0.3) is 5.91 Å². The van der Waals surface area contributed by atoms with Crippen LogP contribution in [0, 0.1) is 5.92 Å². The molecular formula is C20H27N3O3S. The number of hydrogen-bond acceptors (Lipinski definition) is 4. The Kier molecular flexibility index (Phi) is 7.53. The molecule has 0 saturated heterocycles. The van der Waals surface area contributed by atoms with E-state index in [1.807, 2.05) is 45.0 Å². The number of amides is 1. The van der Waals surface area contributed by atoms with E-state index in [9.17, 15) is 13.2 Å². The number of carbonyl (C=O) groups excluding carboxylic acids is 1. The summed E-state index contributed by atoms with van der Waals surface area (Å²) in [5.74, 6) is -0.0668. The van der Waals surface area contributed by atoms with Crippen molar-refractivity contribution in [1.29, 1.82) is 0 Å². The maximum Gasteiger partial charge on any atom is 0.255 e. The first-order valence-corrected chi connectivity index (χ1v) is 10.5. The second-order valence-electron chi connectivity index (χ2n) is 6.70. The van der Waals surface area contributed by atoms with Crippen molar-refractivity contribution in [2.45, 2.75) is 32.2 Å². The molecule has 27 heavy (non-hydrogen) atoms. The molecule has 1 amide bonds. The van der Waals surface area contributed by atoms with Crippen molar-refractivity contribution in [3.63, 3.8) is 0 Å². The molecule has 0 unspecified atom stereocenters. The lowest BCUT2D eigenvalue weighted by atomic mass is 10.1. The van der Waals surface area contributed by atoms with Crippen LogP contribution in [0.2, 0.25) is 0 Å². The molecule has 0 atom stereocenters. The fourth-order valence-corrected chi connectivity index (χ4v) is 3.59. The quantitative estimate of drug-likeness (QED) is 0.615. The average Bonchev–Trinajstić information content (AvgIpc) is 2.65. The van der Waals surface area contributed by atoms with E-state index in [1.165, 1.54) is 24.3 Å². The van der Waals surface area contributed by atoms with Gasteiger partial charge in [0, 0.05) is 24.3 Å². The Balaban J connectivity index is 2.05. The number of rotatable bonds is 9. The van der Waals surface area contributed by atoms with E-state index in [1.54, 1.807) is 0 Å². The van der Waals surface area contributed by atoms with Gasteiger partial charge in [0.2, 0.25) is 10.0 Å². The molecule has 0 heterocycles. The van der Waals surface area contributed by atoms with Gasteiger partial charge >= 0.3 is 0 Å². The third kappa shape index (κ3) is 6.46. The molecule has 2 rings (SSSR count). The Hall–Kier alpha value is -2.22. The number of carbonyl (C=O) groups is 1. The number of benzene rings is 2. The van der Waals surface area contributed by atoms with Gasteiger partial charge in [-0.25, -0.2) is 13.1 Å². The Bertz CT molecular complexity index is 862. The van der Waals surface area contributed by atoms with Crippen LogP contribution in [0.5, 0.6) is 0 Å². The lowest BCUT2D eigenvalue weighted by molar-refractivity contribution is 0.102. The first-order chi connectivity index (χ1) is 12.8. The van der Waals surface area contributed by atoms with Crippen molar-refractivity contribution in [2.24, 2.45) is 5.92 Å². The van der Waals surface area contributed by atoms with Crippen LogP contribution in [0.25, 0.3) is 0 Å². The first kappa shape index (κ1) is 21.1. The summed E-state index contributed by atoms with van der Waals surface area (Å²) >= 11 is 0. The summed E-state index contributed by atoms with van der Waals surface area (Å²) in [6, 6.07) is 13.5. The molecule has 6 nitrogen and oxygen atoms in total. The van der Waals surface area contributed by atoms with E-state index in [4.69, 9.17) is 0 Å². The highest BCUT2D eigenvalue weighted by Crippen LogP contribution is 2.15. The molecule has 0 bridgehead atoms. The van der Waals surface area contributed by atoms with Crippen LogP contribution in [0.3, 0.4) is 0 Å². The molecule has 0 aliphatic heterocycles. The fourth-order valence-electron chi connectivity index (χ4n) is 2.38. The molecule has 2 aromatic carbocycles. The molecule has 146 valence electrons. The minimum Gasteiger partial charge on any atom is -0.322 e. The van der Waals surface area contributed by atoms with Crippen molar-refractivity contribution in [1.82, 2.24) is 10.0 Å². The SMILES string of the molecule is CCNCc1cccc(NC(=O)c2ccc(S(=O)(=O)NCC(C)C)cc2)c1. The minimum absolute atomic E-state index is 0.146. The Morgan fingerprint density at radius 1 is 1.07 bits per heavy atom. The number of anilines is 1. The van der Waals surface area contributed by atoms with E-state index < -0.39 is 10.0 Å². The standard InChI is InChI=1S/C20H27N3O3S/c1-4-21-14-16-6-5-7-18(12-16)23-20(24)17-8-10-19(11-9-17)27(25,26)22-13-15(2)3/h5-12,15,21-22H,4,13-14H2,1-3H3,(H,23,24). The molecular weight excluding hydrogens is 362 g/mol. The van der Waals surface area contributed by atoms with E-state index in [2.05, 4.69) is 15.4 Å². The summed E-state index contributed by atoms with van der Waals surface area (Å²) < 4.78 is 27.0. The van der Waals surface area contributed by atoms with Crippen LogP contribution in [0.1, 0.15) is 36.7 Å². The molecule has 0 aliphatic rings. The smallest absolute Gasteiger partial charge is 0.255 e. The second kappa shape index (κ2) is 9.64. The van der Waals surface area contributed by atoms with Crippen LogP contribution in [-0.2, 0) is 16.6 Å². The highest BCUT2D eigenvalue weighted by molar-refractivity contribution is 7.89. The zero-order valence-corrected chi connectivity index (χ0v) is 16.8. The summed E-state index contributed by atoms with van der Waals surface area (Å²) in [4.78, 5) is 12.6. The van der Waals surface area contributed by atoms with Crippen molar-refractivity contribution >= 4 is 21.6 Å². The maximum absolute atomic E-state index is 12.4. The van der Waals surface area contributed by atoms with Gasteiger partial charge in [0.05, 0.1) is 4.90 Å². The summed E-state index contributed by atoms with van der Waals surface area (Å²) in [5, 5.41) is 6.08. The zero-order valence-electron chi connectivity index (χ0n) is 16.0. The number of hydrogen-bond donors (Lipinski definition) is 3. The third-order valence-electron chi connectivity index (χ3n) is 3.87. The molecule has 2 aromatic rings. The van der Waals surface area contributed by atoms with E-state index in [0.29, 0.717) is 17.8 Å². The molecule has 0 spiro atoms. The number of sulfonamides is 1. The van der Waals surface area contributed by atoms with Crippen molar-refractivity contribution in [2.75, 3.05) is 18.4 Å². The zero-order chi connectivity index (χ0) is 19.9. The van der Waals surface area contributed by atoms with E-state index in [0.717, 1.165) is 18.7 Å². The predicted molar refractivity (Wildman–Crippen MR) is 108 cm³/mol. The van der Waals surface area contributed by atoms with Crippen LogP contribution >= 0.6 is 0 Å². The van der Waals surface area contributed by atoms with Gasteiger partial charge in [-0.2, -0.15) is 0 Å². The summed E-state index contributed by atoms with van der Waals surface area (Å²) in [5.41, 5.74) is 2.17. The van der Waals surface area contributed by atoms with Gasteiger partial charge in [-0.15, -0.1) is 0 Å².